The van der Waals surface area contributed by atoms with Crippen LogP contribution in [-0.2, 0) is 0 Å². The Kier molecular flexibility index (Phi) is 3.64. The van der Waals surface area contributed by atoms with Crippen LogP contribution in [0.25, 0.3) is 0 Å². The molecule has 1 N–H and O–H groups in total. The summed E-state index contributed by atoms with van der Waals surface area (Å²) in [5.41, 5.74) is 0. The Labute approximate surface area is 98.2 Å². The normalized spacial score (nSPS) is 21.9. The van der Waals surface area contributed by atoms with Crippen molar-refractivity contribution >= 4 is 22.6 Å². The summed E-state index contributed by atoms with van der Waals surface area (Å²) in [4.78, 5) is 0. The van der Waals surface area contributed by atoms with Crippen LogP contribution in [-0.4, -0.2) is 19.2 Å². The van der Waals surface area contributed by atoms with E-state index in [0.717, 1.165) is 25.3 Å². The van der Waals surface area contributed by atoms with E-state index in [2.05, 4.69) is 34.0 Å². The van der Waals surface area contributed by atoms with Crippen LogP contribution in [0.3, 0.4) is 0 Å². The summed E-state index contributed by atoms with van der Waals surface area (Å²) in [5.74, 6) is 1.02. The van der Waals surface area contributed by atoms with Gasteiger partial charge in [-0.2, -0.15) is 0 Å². The fourth-order valence-corrected chi connectivity index (χ4v) is 2.15. The van der Waals surface area contributed by atoms with Gasteiger partial charge in [0.05, 0.1) is 3.57 Å². The zero-order valence-electron chi connectivity index (χ0n) is 8.00. The first-order chi connectivity index (χ1) is 6.86. The van der Waals surface area contributed by atoms with Gasteiger partial charge in [-0.05, 0) is 54.1 Å². The highest BCUT2D eigenvalue weighted by atomic mass is 127. The highest BCUT2D eigenvalue weighted by molar-refractivity contribution is 14.1. The smallest absolute Gasteiger partial charge is 0.133 e. The van der Waals surface area contributed by atoms with Crippen LogP contribution in [0.1, 0.15) is 12.8 Å². The molecule has 1 fully saturated rings. The van der Waals surface area contributed by atoms with Crippen LogP contribution in [0.15, 0.2) is 24.3 Å². The Morgan fingerprint density at radius 1 is 1.36 bits per heavy atom. The number of benzene rings is 1. The van der Waals surface area contributed by atoms with Crippen LogP contribution < -0.4 is 10.1 Å². The standard InChI is InChI=1S/C11H14INO/c12-10-5-1-2-6-11(10)14-9-4-3-7-13-8-9/h1-2,5-6,9,13H,3-4,7-8H2. The van der Waals surface area contributed by atoms with Gasteiger partial charge in [0.1, 0.15) is 11.9 Å². The largest absolute Gasteiger partial charge is 0.488 e. The Morgan fingerprint density at radius 2 is 2.21 bits per heavy atom. The average Bonchev–Trinajstić information content (AvgIpc) is 2.23. The minimum absolute atomic E-state index is 0.347. The molecule has 76 valence electrons. The van der Waals surface area contributed by atoms with E-state index in [1.807, 2.05) is 18.2 Å². The number of halogens is 1. The third-order valence-corrected chi connectivity index (χ3v) is 3.27. The maximum atomic E-state index is 5.92. The highest BCUT2D eigenvalue weighted by Gasteiger charge is 2.14. The number of para-hydroxylation sites is 1. The molecule has 1 heterocycles. The lowest BCUT2D eigenvalue weighted by atomic mass is 10.1. The molecule has 1 atom stereocenters. The van der Waals surface area contributed by atoms with Crippen molar-refractivity contribution in [2.45, 2.75) is 18.9 Å². The number of rotatable bonds is 2. The van der Waals surface area contributed by atoms with Crippen LogP contribution in [0, 0.1) is 3.57 Å². The summed E-state index contributed by atoms with van der Waals surface area (Å²) < 4.78 is 7.11. The lowest BCUT2D eigenvalue weighted by molar-refractivity contribution is 0.166. The number of ether oxygens (including phenoxy) is 1. The number of nitrogens with one attached hydrogen (secondary N) is 1. The van der Waals surface area contributed by atoms with Crippen molar-refractivity contribution in [1.29, 1.82) is 0 Å². The first-order valence-corrected chi connectivity index (χ1v) is 6.06. The van der Waals surface area contributed by atoms with E-state index in [0.29, 0.717) is 6.10 Å². The molecular weight excluding hydrogens is 289 g/mol. The molecule has 1 aliphatic rings. The quantitative estimate of drug-likeness (QED) is 0.847. The van der Waals surface area contributed by atoms with E-state index < -0.39 is 0 Å². The minimum atomic E-state index is 0.347. The summed E-state index contributed by atoms with van der Waals surface area (Å²) in [7, 11) is 0. The molecule has 1 aromatic rings. The molecule has 3 heteroatoms. The third-order valence-electron chi connectivity index (χ3n) is 2.38. The van der Waals surface area contributed by atoms with E-state index in [1.54, 1.807) is 0 Å². The van der Waals surface area contributed by atoms with Crippen molar-refractivity contribution in [1.82, 2.24) is 5.32 Å². The molecule has 1 unspecified atom stereocenters. The monoisotopic (exact) mass is 303 g/mol. The van der Waals surface area contributed by atoms with Gasteiger partial charge in [0.25, 0.3) is 0 Å². The van der Waals surface area contributed by atoms with Crippen molar-refractivity contribution in [2.75, 3.05) is 13.1 Å². The predicted octanol–water partition coefficient (Wildman–Crippen LogP) is 2.42. The lowest BCUT2D eigenvalue weighted by Gasteiger charge is -2.24. The molecule has 0 amide bonds. The summed E-state index contributed by atoms with van der Waals surface area (Å²) in [6.07, 6.45) is 2.73. The number of hydrogen-bond acceptors (Lipinski definition) is 2. The summed E-state index contributed by atoms with van der Waals surface area (Å²) in [6.45, 7) is 2.11. The van der Waals surface area contributed by atoms with Crippen LogP contribution in [0.5, 0.6) is 5.75 Å². The minimum Gasteiger partial charge on any atom is -0.488 e. The van der Waals surface area contributed by atoms with Crippen molar-refractivity contribution < 1.29 is 4.74 Å². The fraction of sp³-hybridized carbons (Fsp3) is 0.455. The fourth-order valence-electron chi connectivity index (χ4n) is 1.64. The SMILES string of the molecule is Ic1ccccc1OC1CCCNC1. The zero-order chi connectivity index (χ0) is 9.80. The lowest BCUT2D eigenvalue weighted by Crippen LogP contribution is -2.37. The Hall–Kier alpha value is -0.290. The molecule has 0 aromatic heterocycles. The second-order valence-electron chi connectivity index (χ2n) is 3.52. The predicted molar refractivity (Wildman–Crippen MR) is 65.7 cm³/mol. The van der Waals surface area contributed by atoms with Gasteiger partial charge in [0.15, 0.2) is 0 Å². The molecule has 14 heavy (non-hydrogen) atoms. The molecular formula is C11H14INO. The van der Waals surface area contributed by atoms with E-state index in [9.17, 15) is 0 Å². The van der Waals surface area contributed by atoms with Crippen molar-refractivity contribution in [2.24, 2.45) is 0 Å². The average molecular weight is 303 g/mol. The van der Waals surface area contributed by atoms with E-state index in [1.165, 1.54) is 9.99 Å². The molecule has 0 bridgehead atoms. The Morgan fingerprint density at radius 3 is 2.93 bits per heavy atom. The summed E-state index contributed by atoms with van der Waals surface area (Å²) >= 11 is 2.31. The molecule has 1 saturated heterocycles. The summed E-state index contributed by atoms with van der Waals surface area (Å²) in [5, 5.41) is 3.35. The van der Waals surface area contributed by atoms with Crippen LogP contribution in [0.2, 0.25) is 0 Å². The molecule has 2 rings (SSSR count). The van der Waals surface area contributed by atoms with Gasteiger partial charge in [-0.25, -0.2) is 0 Å². The van der Waals surface area contributed by atoms with Crippen LogP contribution in [0.4, 0.5) is 0 Å². The Bertz CT molecular complexity index is 297. The van der Waals surface area contributed by atoms with Gasteiger partial charge in [-0.1, -0.05) is 12.1 Å². The van der Waals surface area contributed by atoms with Crippen molar-refractivity contribution in [3.8, 4) is 5.75 Å². The molecule has 1 aromatic carbocycles. The molecule has 0 spiro atoms. The maximum absolute atomic E-state index is 5.92. The van der Waals surface area contributed by atoms with Crippen molar-refractivity contribution in [3.05, 3.63) is 27.8 Å². The van der Waals surface area contributed by atoms with Gasteiger partial charge < -0.3 is 10.1 Å². The molecule has 2 nitrogen and oxygen atoms in total. The third kappa shape index (κ3) is 2.60. The van der Waals surface area contributed by atoms with Crippen molar-refractivity contribution in [3.63, 3.8) is 0 Å². The first-order valence-electron chi connectivity index (χ1n) is 4.98. The Balaban J connectivity index is 1.99. The molecule has 0 radical (unpaired) electrons. The highest BCUT2D eigenvalue weighted by Crippen LogP contribution is 2.22. The van der Waals surface area contributed by atoms with Gasteiger partial charge in [-0.3, -0.25) is 0 Å². The summed E-state index contributed by atoms with van der Waals surface area (Å²) in [6, 6.07) is 8.17. The van der Waals surface area contributed by atoms with E-state index in [-0.39, 0.29) is 0 Å². The topological polar surface area (TPSA) is 21.3 Å². The number of hydrogen-bond donors (Lipinski definition) is 1. The second-order valence-corrected chi connectivity index (χ2v) is 4.68. The number of piperidine rings is 1. The molecule has 1 aliphatic heterocycles. The van der Waals surface area contributed by atoms with Gasteiger partial charge in [0, 0.05) is 6.54 Å². The van der Waals surface area contributed by atoms with Gasteiger partial charge in [0.2, 0.25) is 0 Å². The first kappa shape index (κ1) is 10.2. The maximum Gasteiger partial charge on any atom is 0.133 e. The van der Waals surface area contributed by atoms with E-state index >= 15 is 0 Å². The van der Waals surface area contributed by atoms with Gasteiger partial charge in [-0.15, -0.1) is 0 Å². The second kappa shape index (κ2) is 4.98. The van der Waals surface area contributed by atoms with Crippen LogP contribution >= 0.6 is 22.6 Å². The molecule has 0 saturated carbocycles. The van der Waals surface area contributed by atoms with E-state index in [4.69, 9.17) is 4.74 Å². The zero-order valence-corrected chi connectivity index (χ0v) is 10.2. The van der Waals surface area contributed by atoms with Gasteiger partial charge >= 0.3 is 0 Å². The molecule has 0 aliphatic carbocycles.